The third kappa shape index (κ3) is 4.05. The van der Waals surface area contributed by atoms with Crippen LogP contribution in [0.5, 0.6) is 0 Å². The zero-order valence-corrected chi connectivity index (χ0v) is 13.4. The number of aromatic nitrogens is 3. The second kappa shape index (κ2) is 6.92. The van der Waals surface area contributed by atoms with Crippen LogP contribution in [0.25, 0.3) is 0 Å². The van der Waals surface area contributed by atoms with Crippen molar-refractivity contribution in [3.8, 4) is 6.07 Å². The van der Waals surface area contributed by atoms with Crippen molar-refractivity contribution >= 4 is 23.4 Å². The molecule has 0 saturated heterocycles. The van der Waals surface area contributed by atoms with Crippen LogP contribution in [0.1, 0.15) is 18.3 Å². The number of amides is 1. The molecule has 0 saturated carbocycles. The number of hydrogen-bond acceptors (Lipinski definition) is 5. The van der Waals surface area contributed by atoms with E-state index in [1.54, 1.807) is 18.2 Å². The van der Waals surface area contributed by atoms with Gasteiger partial charge < -0.3 is 9.88 Å². The fourth-order valence-corrected chi connectivity index (χ4v) is 2.60. The smallest absolute Gasteiger partial charge is 0.325 e. The van der Waals surface area contributed by atoms with Crippen LogP contribution in [0.15, 0.2) is 29.4 Å². The molecular weight excluding hydrogens is 343 g/mol. The van der Waals surface area contributed by atoms with E-state index >= 15 is 0 Å². The number of anilines is 1. The second-order valence-electron chi connectivity index (χ2n) is 4.80. The molecular formula is C14H12F3N5OS. The Morgan fingerprint density at radius 2 is 2.12 bits per heavy atom. The van der Waals surface area contributed by atoms with Gasteiger partial charge in [0.05, 0.1) is 16.9 Å². The van der Waals surface area contributed by atoms with Crippen LogP contribution in [-0.2, 0) is 18.0 Å². The van der Waals surface area contributed by atoms with Crippen LogP contribution in [0.4, 0.5) is 18.9 Å². The number of hydrogen-bond donors (Lipinski definition) is 1. The Morgan fingerprint density at radius 1 is 1.42 bits per heavy atom. The Balaban J connectivity index is 2.07. The summed E-state index contributed by atoms with van der Waals surface area (Å²) in [5.41, 5.74) is 0.816. The van der Waals surface area contributed by atoms with Crippen molar-refractivity contribution in [1.82, 2.24) is 14.8 Å². The van der Waals surface area contributed by atoms with Gasteiger partial charge in [0, 0.05) is 12.7 Å². The van der Waals surface area contributed by atoms with E-state index in [-0.39, 0.29) is 5.16 Å². The molecule has 6 nitrogen and oxygen atoms in total. The first-order valence-corrected chi connectivity index (χ1v) is 7.54. The molecule has 24 heavy (non-hydrogen) atoms. The average molecular weight is 355 g/mol. The quantitative estimate of drug-likeness (QED) is 0.853. The SMILES string of the molecule is C[C@@H](Sc1nnc(C(F)(F)F)n1C)C(=O)Nc1cccc(C#N)c1. The van der Waals surface area contributed by atoms with Crippen LogP contribution in [0, 0.1) is 11.3 Å². The molecule has 0 spiro atoms. The van der Waals surface area contributed by atoms with Gasteiger partial charge in [0.25, 0.3) is 0 Å². The summed E-state index contributed by atoms with van der Waals surface area (Å²) in [5, 5.41) is 17.3. The predicted molar refractivity (Wildman–Crippen MR) is 81.1 cm³/mol. The lowest BCUT2D eigenvalue weighted by Crippen LogP contribution is -2.23. The fourth-order valence-electron chi connectivity index (χ4n) is 1.79. The number of nitrogens with one attached hydrogen (secondary N) is 1. The van der Waals surface area contributed by atoms with Crippen molar-refractivity contribution in [2.75, 3.05) is 5.32 Å². The Morgan fingerprint density at radius 3 is 2.71 bits per heavy atom. The lowest BCUT2D eigenvalue weighted by Gasteiger charge is -2.12. The van der Waals surface area contributed by atoms with Gasteiger partial charge in [-0.15, -0.1) is 10.2 Å². The number of carbonyl (C=O) groups is 1. The number of thioether (sulfide) groups is 1. The van der Waals surface area contributed by atoms with Crippen molar-refractivity contribution in [3.63, 3.8) is 0 Å². The van der Waals surface area contributed by atoms with Gasteiger partial charge in [0.2, 0.25) is 11.7 Å². The van der Waals surface area contributed by atoms with Gasteiger partial charge in [-0.25, -0.2) is 0 Å². The molecule has 0 bridgehead atoms. The van der Waals surface area contributed by atoms with E-state index < -0.39 is 23.2 Å². The number of alkyl halides is 3. The number of benzene rings is 1. The molecule has 0 fully saturated rings. The molecule has 1 amide bonds. The summed E-state index contributed by atoms with van der Waals surface area (Å²) in [5.74, 6) is -1.55. The highest BCUT2D eigenvalue weighted by Gasteiger charge is 2.37. The fraction of sp³-hybridized carbons (Fsp3) is 0.286. The van der Waals surface area contributed by atoms with Gasteiger partial charge in [-0.05, 0) is 25.1 Å². The molecule has 1 aromatic carbocycles. The monoisotopic (exact) mass is 355 g/mol. The van der Waals surface area contributed by atoms with Crippen LogP contribution < -0.4 is 5.32 Å². The summed E-state index contributed by atoms with van der Waals surface area (Å²) in [4.78, 5) is 12.1. The summed E-state index contributed by atoms with van der Waals surface area (Å²) in [6.45, 7) is 1.54. The van der Waals surface area contributed by atoms with Gasteiger partial charge in [0.15, 0.2) is 5.16 Å². The summed E-state index contributed by atoms with van der Waals surface area (Å²) in [6, 6.07) is 8.26. The highest BCUT2D eigenvalue weighted by molar-refractivity contribution is 8.00. The van der Waals surface area contributed by atoms with E-state index in [9.17, 15) is 18.0 Å². The van der Waals surface area contributed by atoms with Gasteiger partial charge in [-0.1, -0.05) is 17.8 Å². The lowest BCUT2D eigenvalue weighted by atomic mass is 10.2. The van der Waals surface area contributed by atoms with E-state index in [0.717, 1.165) is 16.3 Å². The molecule has 1 N–H and O–H groups in total. The molecule has 0 aliphatic heterocycles. The number of halogens is 3. The third-order valence-electron chi connectivity index (χ3n) is 3.00. The summed E-state index contributed by atoms with van der Waals surface area (Å²) in [7, 11) is 1.19. The minimum absolute atomic E-state index is 0.0178. The Labute approximate surface area is 139 Å². The van der Waals surface area contributed by atoms with Crippen LogP contribution in [0.3, 0.4) is 0 Å². The Kier molecular flexibility index (Phi) is 5.14. The number of carbonyl (C=O) groups excluding carboxylic acids is 1. The highest BCUT2D eigenvalue weighted by atomic mass is 32.2. The average Bonchev–Trinajstić information content (AvgIpc) is 2.88. The van der Waals surface area contributed by atoms with Crippen LogP contribution >= 0.6 is 11.8 Å². The highest BCUT2D eigenvalue weighted by Crippen LogP contribution is 2.31. The van der Waals surface area contributed by atoms with Crippen molar-refractivity contribution in [2.24, 2.45) is 7.05 Å². The van der Waals surface area contributed by atoms with Crippen molar-refractivity contribution in [2.45, 2.75) is 23.5 Å². The summed E-state index contributed by atoms with van der Waals surface area (Å²) in [6.07, 6.45) is -4.61. The van der Waals surface area contributed by atoms with E-state index in [1.165, 1.54) is 20.0 Å². The molecule has 2 rings (SSSR count). The topological polar surface area (TPSA) is 83.6 Å². The van der Waals surface area contributed by atoms with E-state index in [0.29, 0.717) is 11.3 Å². The van der Waals surface area contributed by atoms with Gasteiger partial charge in [-0.3, -0.25) is 4.79 Å². The van der Waals surface area contributed by atoms with Crippen LogP contribution in [0.2, 0.25) is 0 Å². The predicted octanol–water partition coefficient (Wildman–Crippen LogP) is 2.82. The molecule has 10 heteroatoms. The largest absolute Gasteiger partial charge is 0.451 e. The number of nitriles is 1. The van der Waals surface area contributed by atoms with Gasteiger partial charge in [0.1, 0.15) is 0 Å². The molecule has 0 unspecified atom stereocenters. The Hall–Kier alpha value is -2.54. The normalized spacial score (nSPS) is 12.5. The molecule has 0 aliphatic carbocycles. The molecule has 2 aromatic rings. The molecule has 126 valence electrons. The third-order valence-corrected chi connectivity index (χ3v) is 4.13. The first-order chi connectivity index (χ1) is 11.2. The van der Waals surface area contributed by atoms with Gasteiger partial charge >= 0.3 is 6.18 Å². The molecule has 1 aromatic heterocycles. The number of nitrogens with zero attached hydrogens (tertiary/aromatic N) is 4. The van der Waals surface area contributed by atoms with E-state index in [1.807, 2.05) is 6.07 Å². The maximum atomic E-state index is 12.7. The second-order valence-corrected chi connectivity index (χ2v) is 6.11. The lowest BCUT2D eigenvalue weighted by molar-refractivity contribution is -0.147. The summed E-state index contributed by atoms with van der Waals surface area (Å²) < 4.78 is 38.8. The zero-order valence-electron chi connectivity index (χ0n) is 12.6. The Bertz CT molecular complexity index is 796. The minimum Gasteiger partial charge on any atom is -0.325 e. The maximum Gasteiger partial charge on any atom is 0.451 e. The van der Waals surface area contributed by atoms with Crippen molar-refractivity contribution < 1.29 is 18.0 Å². The summed E-state index contributed by atoms with van der Waals surface area (Å²) >= 11 is 0.857. The van der Waals surface area contributed by atoms with Gasteiger partial charge in [-0.2, -0.15) is 18.4 Å². The van der Waals surface area contributed by atoms with E-state index in [4.69, 9.17) is 5.26 Å². The molecule has 0 aliphatic rings. The maximum absolute atomic E-state index is 12.7. The van der Waals surface area contributed by atoms with Crippen LogP contribution in [-0.4, -0.2) is 25.9 Å². The van der Waals surface area contributed by atoms with Crippen molar-refractivity contribution in [3.05, 3.63) is 35.7 Å². The minimum atomic E-state index is -4.61. The molecule has 0 radical (unpaired) electrons. The van der Waals surface area contributed by atoms with E-state index in [2.05, 4.69) is 15.5 Å². The number of rotatable bonds is 4. The first kappa shape index (κ1) is 17.8. The first-order valence-electron chi connectivity index (χ1n) is 6.66. The standard InChI is InChI=1S/C14H12F3N5OS/c1-8(11(23)19-10-5-3-4-9(6-10)7-18)24-13-21-20-12(22(13)2)14(15,16)17/h3-6,8H,1-2H3,(H,19,23)/t8-/m1/s1. The molecule has 1 heterocycles. The van der Waals surface area contributed by atoms with Crippen molar-refractivity contribution in [1.29, 1.82) is 5.26 Å². The zero-order chi connectivity index (χ0) is 17.9. The molecule has 1 atom stereocenters.